The van der Waals surface area contributed by atoms with E-state index < -0.39 is 12.1 Å². The number of ether oxygens (including phenoxy) is 1. The predicted molar refractivity (Wildman–Crippen MR) is 79.2 cm³/mol. The smallest absolute Gasteiger partial charge is 0.412 e. The molecule has 0 saturated heterocycles. The molecule has 0 saturated carbocycles. The van der Waals surface area contributed by atoms with Gasteiger partial charge in [0, 0.05) is 5.38 Å². The summed E-state index contributed by atoms with van der Waals surface area (Å²) in [7, 11) is 0. The molecular weight excluding hydrogens is 346 g/mol. The second-order valence-corrected chi connectivity index (χ2v) is 5.51. The SMILES string of the molecule is O=C(Nc1c(Br)csc1C(=O)O)OCc1ccccc1. The molecule has 0 unspecified atom stereocenters. The average molecular weight is 356 g/mol. The molecule has 0 spiro atoms. The summed E-state index contributed by atoms with van der Waals surface area (Å²) in [6.45, 7) is 0.122. The number of carboxylic acids is 1. The summed E-state index contributed by atoms with van der Waals surface area (Å²) in [4.78, 5) is 22.7. The molecule has 7 heteroatoms. The van der Waals surface area contributed by atoms with E-state index in [1.165, 1.54) is 0 Å². The summed E-state index contributed by atoms with van der Waals surface area (Å²) in [5.41, 5.74) is 1.06. The zero-order valence-electron chi connectivity index (χ0n) is 10.1. The van der Waals surface area contributed by atoms with Gasteiger partial charge in [-0.1, -0.05) is 30.3 Å². The first-order valence-corrected chi connectivity index (χ1v) is 7.23. The van der Waals surface area contributed by atoms with Crippen LogP contribution in [0.4, 0.5) is 10.5 Å². The van der Waals surface area contributed by atoms with Gasteiger partial charge in [0.15, 0.2) is 0 Å². The van der Waals surface area contributed by atoms with Gasteiger partial charge in [0.25, 0.3) is 0 Å². The molecule has 2 N–H and O–H groups in total. The van der Waals surface area contributed by atoms with Gasteiger partial charge in [-0.05, 0) is 21.5 Å². The second-order valence-electron chi connectivity index (χ2n) is 3.78. The standard InChI is InChI=1S/C13H10BrNO4S/c14-9-7-20-11(12(16)17)10(9)15-13(18)19-6-8-4-2-1-3-5-8/h1-5,7H,6H2,(H,15,18)(H,16,17). The highest BCUT2D eigenvalue weighted by Gasteiger charge is 2.18. The molecule has 104 valence electrons. The van der Waals surface area contributed by atoms with Crippen LogP contribution in [0.15, 0.2) is 40.2 Å². The Kier molecular flexibility index (Phi) is 4.75. The highest BCUT2D eigenvalue weighted by Crippen LogP contribution is 2.32. The molecule has 20 heavy (non-hydrogen) atoms. The van der Waals surface area contributed by atoms with Crippen LogP contribution in [-0.4, -0.2) is 17.2 Å². The molecule has 1 aromatic heterocycles. The van der Waals surface area contributed by atoms with E-state index in [4.69, 9.17) is 9.84 Å². The Morgan fingerprint density at radius 2 is 2.00 bits per heavy atom. The largest absolute Gasteiger partial charge is 0.477 e. The van der Waals surface area contributed by atoms with Gasteiger partial charge in [-0.2, -0.15) is 0 Å². The van der Waals surface area contributed by atoms with Crippen LogP contribution < -0.4 is 5.32 Å². The van der Waals surface area contributed by atoms with Crippen molar-refractivity contribution in [3.63, 3.8) is 0 Å². The Morgan fingerprint density at radius 1 is 1.30 bits per heavy atom. The highest BCUT2D eigenvalue weighted by atomic mass is 79.9. The fourth-order valence-corrected chi connectivity index (χ4v) is 2.90. The molecule has 0 radical (unpaired) electrons. The number of rotatable bonds is 4. The van der Waals surface area contributed by atoms with E-state index in [1.807, 2.05) is 30.3 Å². The summed E-state index contributed by atoms with van der Waals surface area (Å²) in [5, 5.41) is 13.0. The van der Waals surface area contributed by atoms with Crippen LogP contribution in [0.25, 0.3) is 0 Å². The topological polar surface area (TPSA) is 75.6 Å². The quantitative estimate of drug-likeness (QED) is 0.870. The van der Waals surface area contributed by atoms with E-state index in [9.17, 15) is 9.59 Å². The number of benzene rings is 1. The number of nitrogens with one attached hydrogen (secondary N) is 1. The van der Waals surface area contributed by atoms with Crippen molar-refractivity contribution in [2.75, 3.05) is 5.32 Å². The zero-order chi connectivity index (χ0) is 14.5. The number of thiophene rings is 1. The number of carbonyl (C=O) groups is 2. The average Bonchev–Trinajstić information content (AvgIpc) is 2.79. The van der Waals surface area contributed by atoms with Gasteiger partial charge in [0.2, 0.25) is 0 Å². The summed E-state index contributed by atoms with van der Waals surface area (Å²) < 4.78 is 5.54. The molecular formula is C13H10BrNO4S. The maximum absolute atomic E-state index is 11.7. The highest BCUT2D eigenvalue weighted by molar-refractivity contribution is 9.10. The molecule has 0 aliphatic rings. The number of aromatic carboxylic acids is 1. The summed E-state index contributed by atoms with van der Waals surface area (Å²) >= 11 is 4.21. The number of carbonyl (C=O) groups excluding carboxylic acids is 1. The third-order valence-electron chi connectivity index (χ3n) is 2.38. The van der Waals surface area contributed by atoms with Crippen LogP contribution >= 0.6 is 27.3 Å². The van der Waals surface area contributed by atoms with Crippen LogP contribution in [0.1, 0.15) is 15.2 Å². The predicted octanol–water partition coefficient (Wildman–Crippen LogP) is 3.96. The summed E-state index contributed by atoms with van der Waals surface area (Å²) in [6.07, 6.45) is -0.699. The van der Waals surface area contributed by atoms with Gasteiger partial charge < -0.3 is 9.84 Å². The van der Waals surface area contributed by atoms with Crippen molar-refractivity contribution < 1.29 is 19.4 Å². The molecule has 0 aliphatic heterocycles. The minimum atomic E-state index is -1.10. The van der Waals surface area contributed by atoms with E-state index in [0.717, 1.165) is 16.9 Å². The Bertz CT molecular complexity index is 627. The van der Waals surface area contributed by atoms with E-state index in [-0.39, 0.29) is 17.2 Å². The van der Waals surface area contributed by atoms with Crippen LogP contribution in [-0.2, 0) is 11.3 Å². The zero-order valence-corrected chi connectivity index (χ0v) is 12.5. The fraction of sp³-hybridized carbons (Fsp3) is 0.0769. The Labute approximate surface area is 127 Å². The van der Waals surface area contributed by atoms with Gasteiger partial charge in [0.1, 0.15) is 11.5 Å². The normalized spacial score (nSPS) is 10.1. The van der Waals surface area contributed by atoms with E-state index in [2.05, 4.69) is 21.2 Å². The number of hydrogen-bond acceptors (Lipinski definition) is 4. The fourth-order valence-electron chi connectivity index (χ4n) is 1.47. The number of hydrogen-bond donors (Lipinski definition) is 2. The van der Waals surface area contributed by atoms with Crippen LogP contribution in [0.3, 0.4) is 0 Å². The van der Waals surface area contributed by atoms with Gasteiger partial charge >= 0.3 is 12.1 Å². The number of amides is 1. The maximum atomic E-state index is 11.7. The third kappa shape index (κ3) is 3.58. The molecule has 0 atom stereocenters. The van der Waals surface area contributed by atoms with Crippen LogP contribution in [0.5, 0.6) is 0 Å². The monoisotopic (exact) mass is 355 g/mol. The van der Waals surface area contributed by atoms with Gasteiger partial charge in [-0.25, -0.2) is 9.59 Å². The Morgan fingerprint density at radius 3 is 2.65 bits per heavy atom. The molecule has 1 amide bonds. The van der Waals surface area contributed by atoms with Crippen molar-refractivity contribution in [3.05, 3.63) is 50.6 Å². The Balaban J connectivity index is 1.98. The first-order chi connectivity index (χ1) is 9.58. The first-order valence-electron chi connectivity index (χ1n) is 5.56. The number of anilines is 1. The lowest BCUT2D eigenvalue weighted by molar-refractivity contribution is 0.0703. The maximum Gasteiger partial charge on any atom is 0.412 e. The first kappa shape index (κ1) is 14.5. The summed E-state index contributed by atoms with van der Waals surface area (Å²) in [6, 6.07) is 9.21. The third-order valence-corrected chi connectivity index (χ3v) is 4.28. The van der Waals surface area contributed by atoms with Crippen LogP contribution in [0.2, 0.25) is 0 Å². The van der Waals surface area contributed by atoms with Gasteiger partial charge in [0.05, 0.1) is 10.2 Å². The number of halogens is 1. The lowest BCUT2D eigenvalue weighted by Crippen LogP contribution is -2.15. The molecule has 2 aromatic rings. The van der Waals surface area contributed by atoms with Crippen molar-refractivity contribution >= 4 is 45.0 Å². The molecule has 0 fully saturated rings. The lowest BCUT2D eigenvalue weighted by atomic mass is 10.2. The molecule has 0 bridgehead atoms. The van der Waals surface area contributed by atoms with Crippen molar-refractivity contribution in [1.82, 2.24) is 0 Å². The van der Waals surface area contributed by atoms with Gasteiger partial charge in [-0.15, -0.1) is 11.3 Å². The molecule has 0 aliphatic carbocycles. The van der Waals surface area contributed by atoms with Crippen LogP contribution in [0, 0.1) is 0 Å². The van der Waals surface area contributed by atoms with Crippen molar-refractivity contribution in [2.45, 2.75) is 6.61 Å². The molecule has 5 nitrogen and oxygen atoms in total. The minimum absolute atomic E-state index is 0.0496. The molecule has 1 heterocycles. The van der Waals surface area contributed by atoms with E-state index in [0.29, 0.717) is 4.47 Å². The summed E-state index contributed by atoms with van der Waals surface area (Å²) in [5.74, 6) is -1.10. The molecule has 1 aromatic carbocycles. The van der Waals surface area contributed by atoms with Crippen molar-refractivity contribution in [2.24, 2.45) is 0 Å². The Hall–Kier alpha value is -1.86. The lowest BCUT2D eigenvalue weighted by Gasteiger charge is -2.07. The van der Waals surface area contributed by atoms with Gasteiger partial charge in [-0.3, -0.25) is 5.32 Å². The van der Waals surface area contributed by atoms with Crippen molar-refractivity contribution in [3.8, 4) is 0 Å². The van der Waals surface area contributed by atoms with E-state index >= 15 is 0 Å². The number of carboxylic acid groups (broad SMARTS) is 1. The minimum Gasteiger partial charge on any atom is -0.477 e. The second kappa shape index (κ2) is 6.53. The van der Waals surface area contributed by atoms with E-state index in [1.54, 1.807) is 5.38 Å². The molecule has 2 rings (SSSR count). The van der Waals surface area contributed by atoms with Crippen molar-refractivity contribution in [1.29, 1.82) is 0 Å².